The van der Waals surface area contributed by atoms with E-state index in [1.165, 1.54) is 25.7 Å². The third kappa shape index (κ3) is 5.58. The topological polar surface area (TPSA) is 65.4 Å². The van der Waals surface area contributed by atoms with Gasteiger partial charge in [0.25, 0.3) is 5.91 Å². The van der Waals surface area contributed by atoms with Gasteiger partial charge in [-0.1, -0.05) is 19.8 Å². The average molecular weight is 267 g/mol. The van der Waals surface area contributed by atoms with Crippen molar-refractivity contribution in [1.82, 2.24) is 10.2 Å². The molecule has 1 heterocycles. The minimum Gasteiger partial charge on any atom is -0.370 e. The van der Waals surface area contributed by atoms with Gasteiger partial charge in [-0.25, -0.2) is 0 Å². The summed E-state index contributed by atoms with van der Waals surface area (Å²) in [7, 11) is 0. The number of rotatable bonds is 8. The zero-order chi connectivity index (χ0) is 14.1. The maximum atomic E-state index is 11.1. The van der Waals surface area contributed by atoms with E-state index in [-0.39, 0.29) is 12.5 Å². The van der Waals surface area contributed by atoms with Crippen LogP contribution in [0.2, 0.25) is 0 Å². The molecule has 1 fully saturated rings. The van der Waals surface area contributed by atoms with Crippen molar-refractivity contribution in [3.63, 3.8) is 0 Å². The fraction of sp³-hybridized carbons (Fsp3) is 0.857. The molecule has 1 aliphatic rings. The van der Waals surface area contributed by atoms with Crippen LogP contribution in [0.15, 0.2) is 0 Å². The Morgan fingerprint density at radius 1 is 1.63 bits per heavy atom. The number of nitriles is 1. The van der Waals surface area contributed by atoms with Gasteiger partial charge in [0.05, 0.1) is 6.61 Å². The summed E-state index contributed by atoms with van der Waals surface area (Å²) >= 11 is 0. The molecule has 5 heteroatoms. The highest BCUT2D eigenvalue weighted by molar-refractivity contribution is 5.78. The minimum absolute atomic E-state index is 0.0265. The molecule has 1 saturated heterocycles. The second-order valence-electron chi connectivity index (χ2n) is 5.20. The summed E-state index contributed by atoms with van der Waals surface area (Å²) in [5, 5.41) is 10.4. The summed E-state index contributed by atoms with van der Waals surface area (Å²) in [5.41, 5.74) is 0. The fourth-order valence-corrected chi connectivity index (χ4v) is 2.67. The van der Waals surface area contributed by atoms with Gasteiger partial charge in [-0.2, -0.15) is 5.26 Å². The monoisotopic (exact) mass is 267 g/mol. The number of carbonyl (C=O) groups is 1. The van der Waals surface area contributed by atoms with E-state index in [0.29, 0.717) is 18.7 Å². The van der Waals surface area contributed by atoms with Gasteiger partial charge in [-0.05, 0) is 32.7 Å². The molecule has 0 bridgehead atoms. The molecule has 2 atom stereocenters. The van der Waals surface area contributed by atoms with Gasteiger partial charge in [0.1, 0.15) is 6.61 Å². The first-order valence-corrected chi connectivity index (χ1v) is 7.20. The van der Waals surface area contributed by atoms with Crippen molar-refractivity contribution in [3.05, 3.63) is 0 Å². The van der Waals surface area contributed by atoms with E-state index in [1.54, 1.807) is 6.19 Å². The molecular formula is C14H25N3O2. The van der Waals surface area contributed by atoms with Crippen LogP contribution in [-0.4, -0.2) is 42.6 Å². The highest BCUT2D eigenvalue weighted by Crippen LogP contribution is 2.22. The minimum atomic E-state index is -0.369. The quantitative estimate of drug-likeness (QED) is 0.536. The summed E-state index contributed by atoms with van der Waals surface area (Å²) in [5.74, 6) is -0.369. The largest absolute Gasteiger partial charge is 0.370 e. The van der Waals surface area contributed by atoms with Crippen molar-refractivity contribution in [2.24, 2.45) is 0 Å². The molecule has 0 radical (unpaired) electrons. The predicted molar refractivity (Wildman–Crippen MR) is 73.3 cm³/mol. The van der Waals surface area contributed by atoms with Gasteiger partial charge in [-0.3, -0.25) is 15.0 Å². The zero-order valence-electron chi connectivity index (χ0n) is 12.0. The van der Waals surface area contributed by atoms with Crippen molar-refractivity contribution in [3.8, 4) is 6.19 Å². The first-order chi connectivity index (χ1) is 9.19. The van der Waals surface area contributed by atoms with E-state index < -0.39 is 0 Å². The number of likely N-dealkylation sites (tertiary alicyclic amines) is 1. The van der Waals surface area contributed by atoms with Gasteiger partial charge in [0.15, 0.2) is 6.19 Å². The standard InChI is InChI=1S/C14H25N3O2/c1-3-4-6-12(2)17-8-5-7-13(17)9-19-10-14(18)16-11-15/h12-13H,3-10H2,1-2H3,(H,16,18)/t12?,13-/m0/s1. The summed E-state index contributed by atoms with van der Waals surface area (Å²) in [6, 6.07) is 1.01. The number of carbonyl (C=O) groups excluding carboxylic acids is 1. The number of amides is 1. The van der Waals surface area contributed by atoms with Crippen LogP contribution in [0.5, 0.6) is 0 Å². The molecule has 108 valence electrons. The normalized spacial score (nSPS) is 21.0. The number of unbranched alkanes of at least 4 members (excludes halogenated alkanes) is 1. The fourth-order valence-electron chi connectivity index (χ4n) is 2.67. The number of hydrogen-bond acceptors (Lipinski definition) is 4. The molecule has 5 nitrogen and oxygen atoms in total. The third-order valence-electron chi connectivity index (χ3n) is 3.70. The molecule has 1 rings (SSSR count). The molecule has 1 unspecified atom stereocenters. The Balaban J connectivity index is 2.28. The first kappa shape index (κ1) is 15.9. The van der Waals surface area contributed by atoms with Gasteiger partial charge in [-0.15, -0.1) is 0 Å². The maximum Gasteiger partial charge on any atom is 0.258 e. The Bertz CT molecular complexity index is 314. The highest BCUT2D eigenvalue weighted by atomic mass is 16.5. The number of nitrogens with one attached hydrogen (secondary N) is 1. The van der Waals surface area contributed by atoms with E-state index >= 15 is 0 Å². The Labute approximate surface area is 115 Å². The molecule has 0 spiro atoms. The maximum absolute atomic E-state index is 11.1. The average Bonchev–Trinajstić information content (AvgIpc) is 2.84. The lowest BCUT2D eigenvalue weighted by molar-refractivity contribution is -0.125. The molecule has 0 aliphatic carbocycles. The summed E-state index contributed by atoms with van der Waals surface area (Å²) < 4.78 is 5.41. The van der Waals surface area contributed by atoms with Crippen LogP contribution in [0.3, 0.4) is 0 Å². The Kier molecular flexibility index (Phi) is 7.46. The third-order valence-corrected chi connectivity index (χ3v) is 3.70. The van der Waals surface area contributed by atoms with Gasteiger partial charge < -0.3 is 4.74 Å². The number of ether oxygens (including phenoxy) is 1. The second kappa shape index (κ2) is 8.89. The Morgan fingerprint density at radius 3 is 3.11 bits per heavy atom. The van der Waals surface area contributed by atoms with Gasteiger partial charge in [0.2, 0.25) is 0 Å². The molecule has 0 aromatic heterocycles. The Morgan fingerprint density at radius 2 is 2.42 bits per heavy atom. The van der Waals surface area contributed by atoms with Crippen molar-refractivity contribution >= 4 is 5.91 Å². The van der Waals surface area contributed by atoms with Crippen LogP contribution in [0.4, 0.5) is 0 Å². The van der Waals surface area contributed by atoms with E-state index in [2.05, 4.69) is 24.1 Å². The lowest BCUT2D eigenvalue weighted by Gasteiger charge is -2.30. The van der Waals surface area contributed by atoms with E-state index in [9.17, 15) is 4.79 Å². The van der Waals surface area contributed by atoms with Crippen molar-refractivity contribution < 1.29 is 9.53 Å². The highest BCUT2D eigenvalue weighted by Gasteiger charge is 2.28. The second-order valence-corrected chi connectivity index (χ2v) is 5.20. The van der Waals surface area contributed by atoms with Crippen LogP contribution >= 0.6 is 0 Å². The van der Waals surface area contributed by atoms with Crippen LogP contribution in [0, 0.1) is 11.5 Å². The van der Waals surface area contributed by atoms with Crippen molar-refractivity contribution in [2.75, 3.05) is 19.8 Å². The van der Waals surface area contributed by atoms with Gasteiger partial charge in [0, 0.05) is 12.1 Å². The van der Waals surface area contributed by atoms with Crippen molar-refractivity contribution in [1.29, 1.82) is 5.26 Å². The summed E-state index contributed by atoms with van der Waals surface area (Å²) in [4.78, 5) is 13.6. The molecule has 1 N–H and O–H groups in total. The summed E-state index contributed by atoms with van der Waals surface area (Å²) in [6.45, 7) is 6.17. The zero-order valence-corrected chi connectivity index (χ0v) is 12.0. The van der Waals surface area contributed by atoms with Crippen LogP contribution in [0.1, 0.15) is 46.0 Å². The van der Waals surface area contributed by atoms with E-state index in [0.717, 1.165) is 13.0 Å². The van der Waals surface area contributed by atoms with Crippen LogP contribution < -0.4 is 5.32 Å². The SMILES string of the molecule is CCCCC(C)N1CCC[C@H]1COCC(=O)NC#N. The molecule has 0 aromatic carbocycles. The number of nitrogens with zero attached hydrogens (tertiary/aromatic N) is 2. The van der Waals surface area contributed by atoms with Crippen molar-refractivity contribution in [2.45, 2.75) is 58.0 Å². The Hall–Kier alpha value is -1.12. The first-order valence-electron chi connectivity index (χ1n) is 7.20. The van der Waals surface area contributed by atoms with Crippen LogP contribution in [0.25, 0.3) is 0 Å². The molecular weight excluding hydrogens is 242 g/mol. The lowest BCUT2D eigenvalue weighted by atomic mass is 10.1. The van der Waals surface area contributed by atoms with Gasteiger partial charge >= 0.3 is 0 Å². The van der Waals surface area contributed by atoms with E-state index in [4.69, 9.17) is 10.00 Å². The van der Waals surface area contributed by atoms with Crippen LogP contribution in [-0.2, 0) is 9.53 Å². The summed E-state index contributed by atoms with van der Waals surface area (Å²) in [6.07, 6.45) is 7.66. The molecule has 0 aromatic rings. The lowest BCUT2D eigenvalue weighted by Crippen LogP contribution is -2.40. The predicted octanol–water partition coefficient (Wildman–Crippen LogP) is 1.64. The molecule has 1 aliphatic heterocycles. The smallest absolute Gasteiger partial charge is 0.258 e. The van der Waals surface area contributed by atoms with E-state index in [1.807, 2.05) is 0 Å². The molecule has 0 saturated carbocycles. The molecule has 19 heavy (non-hydrogen) atoms. The number of hydrogen-bond donors (Lipinski definition) is 1. The molecule has 1 amide bonds.